The molecular weight excluding hydrogens is 364 g/mol. The maximum Gasteiger partial charge on any atom is 0.263 e. The highest BCUT2D eigenvalue weighted by Crippen LogP contribution is 2.17. The van der Waals surface area contributed by atoms with Crippen LogP contribution in [-0.2, 0) is 14.8 Å². The molecule has 3 rings (SSSR count). The Bertz CT molecular complexity index is 846. The summed E-state index contributed by atoms with van der Waals surface area (Å²) in [7, 11) is -3.72. The molecule has 1 aliphatic heterocycles. The lowest BCUT2D eigenvalue weighted by molar-refractivity contribution is -0.117. The van der Waals surface area contributed by atoms with Gasteiger partial charge in [-0.15, -0.1) is 0 Å². The molecule has 0 atom stereocenters. The predicted octanol–water partition coefficient (Wildman–Crippen LogP) is 2.70. The molecule has 1 aromatic carbocycles. The number of anilines is 2. The van der Waals surface area contributed by atoms with E-state index >= 15 is 0 Å². The standard InChI is InChI=1S/C19H24N4O3S/c24-19(15-23-13-5-1-2-6-14-23)21-16-8-10-17(11-9-16)27(25,26)22-18-7-3-4-12-20-18/h3-4,7-12H,1-2,5-6,13-15H2,(H,20,22)(H,21,24). The van der Waals surface area contributed by atoms with Crippen LogP contribution in [0.1, 0.15) is 25.7 Å². The largest absolute Gasteiger partial charge is 0.325 e. The van der Waals surface area contributed by atoms with E-state index in [0.29, 0.717) is 12.2 Å². The summed E-state index contributed by atoms with van der Waals surface area (Å²) in [6.07, 6.45) is 6.22. The molecule has 0 unspecified atom stereocenters. The minimum absolute atomic E-state index is 0.0842. The monoisotopic (exact) mass is 388 g/mol. The average Bonchev–Trinajstić information content (AvgIpc) is 2.91. The number of benzene rings is 1. The number of hydrogen-bond acceptors (Lipinski definition) is 5. The number of likely N-dealkylation sites (tertiary alicyclic amines) is 1. The van der Waals surface area contributed by atoms with E-state index < -0.39 is 10.0 Å². The summed E-state index contributed by atoms with van der Waals surface area (Å²) < 4.78 is 27.2. The minimum atomic E-state index is -3.72. The fourth-order valence-corrected chi connectivity index (χ4v) is 4.04. The van der Waals surface area contributed by atoms with Gasteiger partial charge in [-0.3, -0.25) is 14.4 Å². The van der Waals surface area contributed by atoms with Gasteiger partial charge in [-0.1, -0.05) is 18.9 Å². The van der Waals surface area contributed by atoms with Gasteiger partial charge in [0, 0.05) is 11.9 Å². The summed E-state index contributed by atoms with van der Waals surface area (Å²) in [6.45, 7) is 2.26. The summed E-state index contributed by atoms with van der Waals surface area (Å²) >= 11 is 0. The van der Waals surface area contributed by atoms with E-state index in [2.05, 4.69) is 19.9 Å². The predicted molar refractivity (Wildman–Crippen MR) is 105 cm³/mol. The van der Waals surface area contributed by atoms with Gasteiger partial charge in [-0.05, 0) is 62.3 Å². The van der Waals surface area contributed by atoms with Gasteiger partial charge in [-0.2, -0.15) is 0 Å². The third-order valence-electron chi connectivity index (χ3n) is 4.42. The van der Waals surface area contributed by atoms with E-state index in [9.17, 15) is 13.2 Å². The highest BCUT2D eigenvalue weighted by Gasteiger charge is 2.16. The second-order valence-corrected chi connectivity index (χ2v) is 8.27. The first-order chi connectivity index (χ1) is 13.0. The van der Waals surface area contributed by atoms with Crippen LogP contribution in [0.15, 0.2) is 53.6 Å². The first kappa shape index (κ1) is 19.3. The van der Waals surface area contributed by atoms with Crippen molar-refractivity contribution >= 4 is 27.4 Å². The Kier molecular flexibility index (Phi) is 6.41. The van der Waals surface area contributed by atoms with Crippen molar-refractivity contribution in [2.45, 2.75) is 30.6 Å². The van der Waals surface area contributed by atoms with Gasteiger partial charge in [0.25, 0.3) is 10.0 Å². The first-order valence-electron chi connectivity index (χ1n) is 9.09. The van der Waals surface area contributed by atoms with E-state index in [1.54, 1.807) is 30.3 Å². The normalized spacial score (nSPS) is 15.7. The maximum absolute atomic E-state index is 12.4. The molecule has 2 heterocycles. The van der Waals surface area contributed by atoms with E-state index in [1.165, 1.54) is 31.2 Å². The molecule has 1 saturated heterocycles. The number of carbonyl (C=O) groups is 1. The summed E-state index contributed by atoms with van der Waals surface area (Å²) in [6, 6.07) is 11.1. The van der Waals surface area contributed by atoms with Crippen molar-refractivity contribution in [1.82, 2.24) is 9.88 Å². The summed E-state index contributed by atoms with van der Waals surface area (Å²) in [5.74, 6) is 0.173. The number of rotatable bonds is 6. The van der Waals surface area contributed by atoms with Crippen molar-refractivity contribution in [1.29, 1.82) is 0 Å². The van der Waals surface area contributed by atoms with Gasteiger partial charge in [0.15, 0.2) is 0 Å². The van der Waals surface area contributed by atoms with Crippen LogP contribution in [0.25, 0.3) is 0 Å². The molecule has 2 aromatic rings. The molecule has 0 saturated carbocycles. The van der Waals surface area contributed by atoms with Gasteiger partial charge >= 0.3 is 0 Å². The second kappa shape index (κ2) is 8.96. The van der Waals surface area contributed by atoms with E-state index in [0.717, 1.165) is 25.9 Å². The molecule has 7 nitrogen and oxygen atoms in total. The van der Waals surface area contributed by atoms with Crippen LogP contribution in [-0.4, -0.2) is 43.8 Å². The van der Waals surface area contributed by atoms with Crippen LogP contribution in [0.2, 0.25) is 0 Å². The number of amides is 1. The Hall–Kier alpha value is -2.45. The number of hydrogen-bond donors (Lipinski definition) is 2. The van der Waals surface area contributed by atoms with E-state index in [1.807, 2.05) is 0 Å². The molecule has 144 valence electrons. The van der Waals surface area contributed by atoms with Gasteiger partial charge in [0.2, 0.25) is 5.91 Å². The quantitative estimate of drug-likeness (QED) is 0.794. The fourth-order valence-electron chi connectivity index (χ4n) is 3.04. The highest BCUT2D eigenvalue weighted by molar-refractivity contribution is 7.92. The van der Waals surface area contributed by atoms with Crippen LogP contribution in [0.5, 0.6) is 0 Å². The number of pyridine rings is 1. The molecule has 1 aromatic heterocycles. The van der Waals surface area contributed by atoms with Crippen molar-refractivity contribution in [3.63, 3.8) is 0 Å². The maximum atomic E-state index is 12.4. The number of carbonyl (C=O) groups excluding carboxylic acids is 1. The molecule has 1 fully saturated rings. The zero-order valence-corrected chi connectivity index (χ0v) is 15.9. The third kappa shape index (κ3) is 5.77. The third-order valence-corrected chi connectivity index (χ3v) is 5.79. The Morgan fingerprint density at radius 1 is 1.00 bits per heavy atom. The van der Waals surface area contributed by atoms with Crippen LogP contribution in [0.4, 0.5) is 11.5 Å². The molecule has 8 heteroatoms. The molecule has 1 amide bonds. The Morgan fingerprint density at radius 3 is 2.33 bits per heavy atom. The van der Waals surface area contributed by atoms with Gasteiger partial charge < -0.3 is 5.32 Å². The van der Waals surface area contributed by atoms with E-state index in [4.69, 9.17) is 0 Å². The smallest absolute Gasteiger partial charge is 0.263 e. The van der Waals surface area contributed by atoms with Gasteiger partial charge in [0.1, 0.15) is 5.82 Å². The Labute approximate surface area is 159 Å². The summed E-state index contributed by atoms with van der Waals surface area (Å²) in [5.41, 5.74) is 0.576. The Balaban J connectivity index is 1.58. The lowest BCUT2D eigenvalue weighted by Crippen LogP contribution is -2.33. The zero-order valence-electron chi connectivity index (χ0n) is 15.1. The molecule has 0 radical (unpaired) electrons. The lowest BCUT2D eigenvalue weighted by atomic mass is 10.2. The van der Waals surface area contributed by atoms with E-state index in [-0.39, 0.29) is 16.6 Å². The molecule has 0 spiro atoms. The highest BCUT2D eigenvalue weighted by atomic mass is 32.2. The summed E-state index contributed by atoms with van der Waals surface area (Å²) in [4.78, 5) is 18.5. The Morgan fingerprint density at radius 2 is 1.70 bits per heavy atom. The molecule has 1 aliphatic rings. The van der Waals surface area contributed by atoms with Crippen LogP contribution in [0, 0.1) is 0 Å². The number of nitrogens with one attached hydrogen (secondary N) is 2. The molecule has 2 N–H and O–H groups in total. The minimum Gasteiger partial charge on any atom is -0.325 e. The SMILES string of the molecule is O=C(CN1CCCCCC1)Nc1ccc(S(=O)(=O)Nc2ccccn2)cc1. The molecular formula is C19H24N4O3S. The molecule has 27 heavy (non-hydrogen) atoms. The van der Waals surface area contributed by atoms with Crippen LogP contribution < -0.4 is 10.0 Å². The summed E-state index contributed by atoms with van der Waals surface area (Å²) in [5, 5.41) is 2.83. The second-order valence-electron chi connectivity index (χ2n) is 6.58. The molecule has 0 bridgehead atoms. The number of sulfonamides is 1. The fraction of sp³-hybridized carbons (Fsp3) is 0.368. The topological polar surface area (TPSA) is 91.4 Å². The van der Waals surface area contributed by atoms with Gasteiger partial charge in [0.05, 0.1) is 11.4 Å². The van der Waals surface area contributed by atoms with Crippen molar-refractivity contribution in [2.24, 2.45) is 0 Å². The molecule has 0 aliphatic carbocycles. The van der Waals surface area contributed by atoms with Crippen molar-refractivity contribution in [3.8, 4) is 0 Å². The van der Waals surface area contributed by atoms with Crippen molar-refractivity contribution < 1.29 is 13.2 Å². The van der Waals surface area contributed by atoms with Crippen LogP contribution >= 0.6 is 0 Å². The lowest BCUT2D eigenvalue weighted by Gasteiger charge is -2.19. The number of nitrogens with zero attached hydrogens (tertiary/aromatic N) is 2. The van der Waals surface area contributed by atoms with Crippen LogP contribution in [0.3, 0.4) is 0 Å². The first-order valence-corrected chi connectivity index (χ1v) is 10.6. The zero-order chi connectivity index (χ0) is 19.1. The average molecular weight is 388 g/mol. The van der Waals surface area contributed by atoms with Crippen molar-refractivity contribution in [2.75, 3.05) is 29.7 Å². The van der Waals surface area contributed by atoms with Gasteiger partial charge in [-0.25, -0.2) is 13.4 Å². The van der Waals surface area contributed by atoms with Crippen molar-refractivity contribution in [3.05, 3.63) is 48.7 Å². The number of aromatic nitrogens is 1.